The molecule has 0 unspecified atom stereocenters. The van der Waals surface area contributed by atoms with Gasteiger partial charge in [-0.05, 0) is 19.8 Å². The van der Waals surface area contributed by atoms with Gasteiger partial charge >= 0.3 is 5.97 Å². The Labute approximate surface area is 84.2 Å². The van der Waals surface area contributed by atoms with Gasteiger partial charge in [-0.3, -0.25) is 4.79 Å². The summed E-state index contributed by atoms with van der Waals surface area (Å²) in [5.41, 5.74) is 0. The van der Waals surface area contributed by atoms with Crippen LogP contribution in [0.3, 0.4) is 0 Å². The zero-order valence-corrected chi connectivity index (χ0v) is 8.78. The number of ether oxygens (including phenoxy) is 1. The van der Waals surface area contributed by atoms with Crippen LogP contribution in [0.25, 0.3) is 0 Å². The summed E-state index contributed by atoms with van der Waals surface area (Å²) in [5.74, 6) is -0.215. The van der Waals surface area contributed by atoms with E-state index in [0.29, 0.717) is 19.6 Å². The van der Waals surface area contributed by atoms with Crippen molar-refractivity contribution in [3.05, 3.63) is 0 Å². The van der Waals surface area contributed by atoms with Gasteiger partial charge in [0.25, 0.3) is 0 Å². The monoisotopic (exact) mass is 199 g/mol. The van der Waals surface area contributed by atoms with Crippen molar-refractivity contribution in [1.82, 2.24) is 4.90 Å². The Morgan fingerprint density at radius 1 is 1.43 bits per heavy atom. The second-order valence-corrected chi connectivity index (χ2v) is 3.35. The van der Waals surface area contributed by atoms with Crippen molar-refractivity contribution in [2.45, 2.75) is 39.2 Å². The third-order valence-electron chi connectivity index (χ3n) is 2.43. The Hall–Kier alpha value is -1.06. The predicted molar refractivity (Wildman–Crippen MR) is 51.7 cm³/mol. The maximum absolute atomic E-state index is 11.5. The molecule has 0 aliphatic carbocycles. The van der Waals surface area contributed by atoms with E-state index < -0.39 is 0 Å². The van der Waals surface area contributed by atoms with Crippen molar-refractivity contribution in [2.24, 2.45) is 0 Å². The summed E-state index contributed by atoms with van der Waals surface area (Å²) < 4.78 is 4.92. The Kier molecular flexibility index (Phi) is 3.92. The third kappa shape index (κ3) is 2.25. The molecule has 1 aliphatic heterocycles. The molecule has 0 spiro atoms. The number of nitrogens with zero attached hydrogens (tertiary/aromatic N) is 1. The number of likely N-dealkylation sites (tertiary alicyclic amines) is 1. The minimum atomic E-state index is -0.331. The fourth-order valence-electron chi connectivity index (χ4n) is 1.75. The van der Waals surface area contributed by atoms with Crippen LogP contribution in [0, 0.1) is 0 Å². The molecule has 1 fully saturated rings. The molecule has 0 bridgehead atoms. The van der Waals surface area contributed by atoms with E-state index in [1.807, 2.05) is 6.92 Å². The van der Waals surface area contributed by atoms with Gasteiger partial charge < -0.3 is 9.64 Å². The van der Waals surface area contributed by atoms with Gasteiger partial charge in [0.15, 0.2) is 0 Å². The lowest BCUT2D eigenvalue weighted by molar-refractivity contribution is -0.152. The number of hydrogen-bond donors (Lipinski definition) is 0. The lowest BCUT2D eigenvalue weighted by Gasteiger charge is -2.22. The fourth-order valence-corrected chi connectivity index (χ4v) is 1.75. The first-order chi connectivity index (χ1) is 6.70. The molecule has 80 valence electrons. The SMILES string of the molecule is CCOC(=O)[C@@H]1CCCN1C(=O)CC. The van der Waals surface area contributed by atoms with Crippen LogP contribution in [0.1, 0.15) is 33.1 Å². The first-order valence-electron chi connectivity index (χ1n) is 5.16. The number of amides is 1. The predicted octanol–water partition coefficient (Wildman–Crippen LogP) is 0.950. The number of carbonyl (C=O) groups is 2. The molecule has 14 heavy (non-hydrogen) atoms. The maximum atomic E-state index is 11.5. The largest absolute Gasteiger partial charge is 0.464 e. The van der Waals surface area contributed by atoms with Crippen molar-refractivity contribution in [3.8, 4) is 0 Å². The summed E-state index contributed by atoms with van der Waals surface area (Å²) in [4.78, 5) is 24.5. The van der Waals surface area contributed by atoms with Gasteiger partial charge in [0.05, 0.1) is 6.61 Å². The molecule has 4 heteroatoms. The van der Waals surface area contributed by atoms with Crippen molar-refractivity contribution < 1.29 is 14.3 Å². The highest BCUT2D eigenvalue weighted by molar-refractivity contribution is 5.85. The zero-order chi connectivity index (χ0) is 10.6. The molecule has 0 saturated carbocycles. The van der Waals surface area contributed by atoms with Crippen LogP contribution >= 0.6 is 0 Å². The average molecular weight is 199 g/mol. The highest BCUT2D eigenvalue weighted by Gasteiger charge is 2.33. The Bertz CT molecular complexity index is 227. The van der Waals surface area contributed by atoms with Crippen LogP contribution < -0.4 is 0 Å². The Morgan fingerprint density at radius 3 is 2.71 bits per heavy atom. The van der Waals surface area contributed by atoms with Crippen molar-refractivity contribution >= 4 is 11.9 Å². The molecule has 0 N–H and O–H groups in total. The number of hydrogen-bond acceptors (Lipinski definition) is 3. The van der Waals surface area contributed by atoms with Crippen LogP contribution in [0.4, 0.5) is 0 Å². The number of esters is 1. The molecule has 1 aliphatic rings. The Balaban J connectivity index is 2.59. The van der Waals surface area contributed by atoms with Crippen LogP contribution in [0.15, 0.2) is 0 Å². The van der Waals surface area contributed by atoms with E-state index in [0.717, 1.165) is 12.8 Å². The van der Waals surface area contributed by atoms with Gasteiger partial charge in [-0.2, -0.15) is 0 Å². The summed E-state index contributed by atoms with van der Waals surface area (Å²) >= 11 is 0. The van der Waals surface area contributed by atoms with Crippen LogP contribution in [0.5, 0.6) is 0 Å². The number of rotatable bonds is 3. The second-order valence-electron chi connectivity index (χ2n) is 3.35. The minimum Gasteiger partial charge on any atom is -0.464 e. The standard InChI is InChI=1S/C10H17NO3/c1-3-9(12)11-7-5-6-8(11)10(13)14-4-2/h8H,3-7H2,1-2H3/t8-/m0/s1. The van der Waals surface area contributed by atoms with Gasteiger partial charge in [0.1, 0.15) is 6.04 Å². The normalized spacial score (nSPS) is 21.0. The molecular weight excluding hydrogens is 182 g/mol. The van der Waals surface area contributed by atoms with Crippen LogP contribution in [0.2, 0.25) is 0 Å². The van der Waals surface area contributed by atoms with E-state index in [1.54, 1.807) is 11.8 Å². The molecule has 4 nitrogen and oxygen atoms in total. The zero-order valence-electron chi connectivity index (χ0n) is 8.78. The average Bonchev–Trinajstić information content (AvgIpc) is 2.65. The number of carbonyl (C=O) groups excluding carboxylic acids is 2. The van der Waals surface area contributed by atoms with Gasteiger partial charge in [0.2, 0.25) is 5.91 Å². The smallest absolute Gasteiger partial charge is 0.328 e. The summed E-state index contributed by atoms with van der Waals surface area (Å²) in [6.45, 7) is 4.65. The quantitative estimate of drug-likeness (QED) is 0.636. The molecule has 0 aromatic carbocycles. The summed E-state index contributed by atoms with van der Waals surface area (Å²) in [7, 11) is 0. The van der Waals surface area contributed by atoms with Crippen LogP contribution in [-0.2, 0) is 14.3 Å². The van der Waals surface area contributed by atoms with Crippen LogP contribution in [-0.4, -0.2) is 36.0 Å². The maximum Gasteiger partial charge on any atom is 0.328 e. The van der Waals surface area contributed by atoms with Crippen molar-refractivity contribution in [3.63, 3.8) is 0 Å². The molecule has 1 saturated heterocycles. The first kappa shape index (κ1) is 11.0. The molecule has 0 radical (unpaired) electrons. The molecule has 1 rings (SSSR count). The molecule has 1 heterocycles. The van der Waals surface area contributed by atoms with Gasteiger partial charge in [0, 0.05) is 13.0 Å². The minimum absolute atomic E-state index is 0.0422. The summed E-state index contributed by atoms with van der Waals surface area (Å²) in [6.07, 6.45) is 2.09. The summed E-state index contributed by atoms with van der Waals surface area (Å²) in [6, 6.07) is -0.331. The third-order valence-corrected chi connectivity index (χ3v) is 2.43. The Morgan fingerprint density at radius 2 is 2.14 bits per heavy atom. The highest BCUT2D eigenvalue weighted by atomic mass is 16.5. The lowest BCUT2D eigenvalue weighted by Crippen LogP contribution is -2.41. The van der Waals surface area contributed by atoms with E-state index in [2.05, 4.69) is 0 Å². The lowest BCUT2D eigenvalue weighted by atomic mass is 10.2. The van der Waals surface area contributed by atoms with Gasteiger partial charge in [-0.25, -0.2) is 4.79 Å². The second kappa shape index (κ2) is 4.98. The summed E-state index contributed by atoms with van der Waals surface area (Å²) in [5, 5.41) is 0. The highest BCUT2D eigenvalue weighted by Crippen LogP contribution is 2.19. The molecule has 1 atom stereocenters. The van der Waals surface area contributed by atoms with E-state index in [9.17, 15) is 9.59 Å². The first-order valence-corrected chi connectivity index (χ1v) is 5.16. The van der Waals surface area contributed by atoms with E-state index >= 15 is 0 Å². The van der Waals surface area contributed by atoms with Gasteiger partial charge in [-0.1, -0.05) is 6.92 Å². The topological polar surface area (TPSA) is 46.6 Å². The van der Waals surface area contributed by atoms with Gasteiger partial charge in [-0.15, -0.1) is 0 Å². The van der Waals surface area contributed by atoms with E-state index in [1.165, 1.54) is 0 Å². The van der Waals surface area contributed by atoms with Crippen molar-refractivity contribution in [1.29, 1.82) is 0 Å². The molecular formula is C10H17NO3. The van der Waals surface area contributed by atoms with E-state index in [4.69, 9.17) is 4.74 Å². The van der Waals surface area contributed by atoms with Crippen molar-refractivity contribution in [2.75, 3.05) is 13.2 Å². The molecule has 0 aromatic heterocycles. The van der Waals surface area contributed by atoms with E-state index in [-0.39, 0.29) is 17.9 Å². The molecule has 0 aromatic rings. The molecule has 1 amide bonds. The fraction of sp³-hybridized carbons (Fsp3) is 0.800.